The van der Waals surface area contributed by atoms with E-state index in [4.69, 9.17) is 4.74 Å². The summed E-state index contributed by atoms with van der Waals surface area (Å²) in [5, 5.41) is 8.38. The Balaban J connectivity index is 1.41. The summed E-state index contributed by atoms with van der Waals surface area (Å²) in [6.45, 7) is 1.13. The molecule has 3 N–H and O–H groups in total. The van der Waals surface area contributed by atoms with Crippen LogP contribution in [0.5, 0.6) is 5.75 Å². The SMILES string of the molecule is O=C(CNC(=O)N[C@H]1CCCOc2ccccc21)NCCc1ccccc1. The molecular formula is C21H25N3O3. The highest BCUT2D eigenvalue weighted by atomic mass is 16.5. The van der Waals surface area contributed by atoms with Gasteiger partial charge in [-0.1, -0.05) is 48.5 Å². The summed E-state index contributed by atoms with van der Waals surface area (Å²) in [5.74, 6) is 0.602. The van der Waals surface area contributed by atoms with Crippen LogP contribution in [0.15, 0.2) is 54.6 Å². The minimum absolute atomic E-state index is 0.0501. The number of para-hydroxylation sites is 1. The zero-order chi connectivity index (χ0) is 18.9. The number of fused-ring (bicyclic) bond motifs is 1. The van der Waals surface area contributed by atoms with E-state index in [1.807, 2.05) is 54.6 Å². The Kier molecular flexibility index (Phi) is 6.68. The van der Waals surface area contributed by atoms with Crippen LogP contribution in [0.1, 0.15) is 30.0 Å². The highest BCUT2D eigenvalue weighted by Crippen LogP contribution is 2.30. The first-order valence-electron chi connectivity index (χ1n) is 9.29. The summed E-state index contributed by atoms with van der Waals surface area (Å²) in [5.41, 5.74) is 2.13. The first-order chi connectivity index (χ1) is 13.2. The van der Waals surface area contributed by atoms with Crippen LogP contribution in [-0.4, -0.2) is 31.6 Å². The number of benzene rings is 2. The van der Waals surface area contributed by atoms with E-state index in [2.05, 4.69) is 16.0 Å². The van der Waals surface area contributed by atoms with Crippen LogP contribution in [0.3, 0.4) is 0 Å². The Bertz CT molecular complexity index is 764. The van der Waals surface area contributed by atoms with Gasteiger partial charge < -0.3 is 20.7 Å². The van der Waals surface area contributed by atoms with Crippen LogP contribution < -0.4 is 20.7 Å². The standard InChI is InChI=1S/C21H25N3O3/c25-20(22-13-12-16-7-2-1-3-8-16)15-23-21(26)24-18-10-6-14-27-19-11-5-4-9-17(18)19/h1-5,7-9,11,18H,6,10,12-15H2,(H,22,25)(H2,23,24,26)/t18-/m0/s1. The molecule has 0 bridgehead atoms. The van der Waals surface area contributed by atoms with Crippen molar-refractivity contribution in [3.05, 3.63) is 65.7 Å². The van der Waals surface area contributed by atoms with E-state index in [-0.39, 0.29) is 24.5 Å². The average molecular weight is 367 g/mol. The van der Waals surface area contributed by atoms with Gasteiger partial charge in [-0.25, -0.2) is 4.79 Å². The maximum Gasteiger partial charge on any atom is 0.315 e. The summed E-state index contributed by atoms with van der Waals surface area (Å²) in [6, 6.07) is 17.2. The lowest BCUT2D eigenvalue weighted by atomic mass is 10.0. The fourth-order valence-electron chi connectivity index (χ4n) is 3.10. The summed E-state index contributed by atoms with van der Waals surface area (Å²) in [7, 11) is 0. The maximum atomic E-state index is 12.2. The van der Waals surface area contributed by atoms with E-state index in [1.165, 1.54) is 0 Å². The summed E-state index contributed by atoms with van der Waals surface area (Å²) < 4.78 is 5.70. The molecule has 1 atom stereocenters. The van der Waals surface area contributed by atoms with Crippen molar-refractivity contribution in [2.45, 2.75) is 25.3 Å². The molecular weight excluding hydrogens is 342 g/mol. The molecule has 6 nitrogen and oxygen atoms in total. The molecule has 0 unspecified atom stereocenters. The Morgan fingerprint density at radius 1 is 1.00 bits per heavy atom. The third-order valence-corrected chi connectivity index (χ3v) is 4.48. The van der Waals surface area contributed by atoms with Gasteiger partial charge in [-0.05, 0) is 30.9 Å². The van der Waals surface area contributed by atoms with Crippen molar-refractivity contribution in [3.63, 3.8) is 0 Å². The van der Waals surface area contributed by atoms with E-state index in [0.717, 1.165) is 36.1 Å². The van der Waals surface area contributed by atoms with Crippen molar-refractivity contribution in [2.24, 2.45) is 0 Å². The Morgan fingerprint density at radius 2 is 1.78 bits per heavy atom. The van der Waals surface area contributed by atoms with E-state index in [0.29, 0.717) is 13.2 Å². The molecule has 1 aliphatic rings. The molecule has 142 valence electrons. The monoisotopic (exact) mass is 367 g/mol. The Hall–Kier alpha value is -3.02. The fourth-order valence-corrected chi connectivity index (χ4v) is 3.10. The second-order valence-electron chi connectivity index (χ2n) is 6.49. The molecule has 0 fully saturated rings. The van der Waals surface area contributed by atoms with Crippen molar-refractivity contribution >= 4 is 11.9 Å². The molecule has 0 saturated heterocycles. The number of ether oxygens (including phenoxy) is 1. The van der Waals surface area contributed by atoms with Crippen LogP contribution in [0.2, 0.25) is 0 Å². The molecule has 0 radical (unpaired) electrons. The zero-order valence-electron chi connectivity index (χ0n) is 15.2. The topological polar surface area (TPSA) is 79.5 Å². The third-order valence-electron chi connectivity index (χ3n) is 4.48. The molecule has 27 heavy (non-hydrogen) atoms. The first kappa shape index (κ1) is 18.8. The van der Waals surface area contributed by atoms with Crippen molar-refractivity contribution in [3.8, 4) is 5.75 Å². The van der Waals surface area contributed by atoms with E-state index in [9.17, 15) is 9.59 Å². The number of hydrogen-bond donors (Lipinski definition) is 3. The van der Waals surface area contributed by atoms with Crippen LogP contribution >= 0.6 is 0 Å². The number of nitrogens with one attached hydrogen (secondary N) is 3. The van der Waals surface area contributed by atoms with E-state index < -0.39 is 0 Å². The predicted octanol–water partition coefficient (Wildman–Crippen LogP) is 2.56. The number of hydrogen-bond acceptors (Lipinski definition) is 3. The number of amides is 3. The van der Waals surface area contributed by atoms with Gasteiger partial charge in [-0.3, -0.25) is 4.79 Å². The maximum absolute atomic E-state index is 12.2. The smallest absolute Gasteiger partial charge is 0.315 e. The number of carbonyl (C=O) groups excluding carboxylic acids is 2. The van der Waals surface area contributed by atoms with Crippen molar-refractivity contribution in [2.75, 3.05) is 19.7 Å². The lowest BCUT2D eigenvalue weighted by Crippen LogP contribution is -2.43. The molecule has 3 rings (SSSR count). The minimum Gasteiger partial charge on any atom is -0.493 e. The zero-order valence-corrected chi connectivity index (χ0v) is 15.2. The molecule has 0 spiro atoms. The molecule has 2 aromatic carbocycles. The normalized spacial score (nSPS) is 15.6. The second kappa shape index (κ2) is 9.62. The first-order valence-corrected chi connectivity index (χ1v) is 9.29. The van der Waals surface area contributed by atoms with Crippen LogP contribution in [0.4, 0.5) is 4.79 Å². The van der Waals surface area contributed by atoms with Crippen LogP contribution in [-0.2, 0) is 11.2 Å². The summed E-state index contributed by atoms with van der Waals surface area (Å²) >= 11 is 0. The van der Waals surface area contributed by atoms with Gasteiger partial charge in [0.25, 0.3) is 0 Å². The van der Waals surface area contributed by atoms with Crippen LogP contribution in [0, 0.1) is 0 Å². The molecule has 6 heteroatoms. The largest absolute Gasteiger partial charge is 0.493 e. The van der Waals surface area contributed by atoms with Gasteiger partial charge in [-0.15, -0.1) is 0 Å². The van der Waals surface area contributed by atoms with Gasteiger partial charge in [0.15, 0.2) is 0 Å². The molecule has 1 heterocycles. The van der Waals surface area contributed by atoms with Crippen LogP contribution in [0.25, 0.3) is 0 Å². The third kappa shape index (κ3) is 5.74. The lowest BCUT2D eigenvalue weighted by Gasteiger charge is -2.18. The Morgan fingerprint density at radius 3 is 2.63 bits per heavy atom. The van der Waals surface area contributed by atoms with Gasteiger partial charge in [0.1, 0.15) is 5.75 Å². The summed E-state index contributed by atoms with van der Waals surface area (Å²) in [4.78, 5) is 24.1. The van der Waals surface area contributed by atoms with Gasteiger partial charge >= 0.3 is 6.03 Å². The van der Waals surface area contributed by atoms with E-state index in [1.54, 1.807) is 0 Å². The highest BCUT2D eigenvalue weighted by molar-refractivity contribution is 5.84. The lowest BCUT2D eigenvalue weighted by molar-refractivity contribution is -0.120. The van der Waals surface area contributed by atoms with Gasteiger partial charge in [0, 0.05) is 12.1 Å². The molecule has 1 aliphatic heterocycles. The Labute approximate surface area is 159 Å². The molecule has 0 aromatic heterocycles. The molecule has 2 aromatic rings. The highest BCUT2D eigenvalue weighted by Gasteiger charge is 2.21. The number of rotatable bonds is 6. The second-order valence-corrected chi connectivity index (χ2v) is 6.49. The number of urea groups is 1. The molecule has 0 aliphatic carbocycles. The van der Waals surface area contributed by atoms with Gasteiger partial charge in [-0.2, -0.15) is 0 Å². The molecule has 3 amide bonds. The summed E-state index contributed by atoms with van der Waals surface area (Å²) in [6.07, 6.45) is 2.42. The van der Waals surface area contributed by atoms with Gasteiger partial charge in [0.2, 0.25) is 5.91 Å². The quantitative estimate of drug-likeness (QED) is 0.734. The van der Waals surface area contributed by atoms with Crippen molar-refractivity contribution < 1.29 is 14.3 Å². The van der Waals surface area contributed by atoms with Crippen molar-refractivity contribution in [1.29, 1.82) is 0 Å². The van der Waals surface area contributed by atoms with Crippen molar-refractivity contribution in [1.82, 2.24) is 16.0 Å². The molecule has 0 saturated carbocycles. The predicted molar refractivity (Wildman–Crippen MR) is 104 cm³/mol. The average Bonchev–Trinajstić information content (AvgIpc) is 2.90. The minimum atomic E-state index is -0.352. The number of carbonyl (C=O) groups is 2. The fraction of sp³-hybridized carbons (Fsp3) is 0.333. The van der Waals surface area contributed by atoms with E-state index >= 15 is 0 Å². The van der Waals surface area contributed by atoms with Gasteiger partial charge in [0.05, 0.1) is 19.2 Å².